The molecule has 0 fully saturated rings. The van der Waals surface area contributed by atoms with Gasteiger partial charge in [-0.15, -0.1) is 0 Å². The van der Waals surface area contributed by atoms with Crippen LogP contribution in [0.25, 0.3) is 0 Å². The molecule has 1 aromatic heterocycles. The van der Waals surface area contributed by atoms with Crippen molar-refractivity contribution >= 4 is 51.9 Å². The summed E-state index contributed by atoms with van der Waals surface area (Å²) in [7, 11) is 1.50. The number of methoxy groups -OCH3 is 1. The van der Waals surface area contributed by atoms with E-state index in [9.17, 15) is 10.1 Å². The fourth-order valence-electron chi connectivity index (χ4n) is 2.34. The van der Waals surface area contributed by atoms with Crippen LogP contribution in [0.4, 0.5) is 28.7 Å². The largest absolute Gasteiger partial charge is 0.495 e. The Labute approximate surface area is 164 Å². The minimum Gasteiger partial charge on any atom is -0.495 e. The monoisotopic (exact) mass is 405 g/mol. The number of hydrogen-bond acceptors (Lipinski definition) is 7. The lowest BCUT2D eigenvalue weighted by Gasteiger charge is -2.13. The van der Waals surface area contributed by atoms with E-state index in [0.29, 0.717) is 22.1 Å². The van der Waals surface area contributed by atoms with E-state index in [-0.39, 0.29) is 22.3 Å². The van der Waals surface area contributed by atoms with Crippen LogP contribution in [0.1, 0.15) is 0 Å². The molecule has 2 aromatic carbocycles. The molecule has 27 heavy (non-hydrogen) atoms. The molecule has 10 heteroatoms. The molecule has 0 radical (unpaired) electrons. The molecule has 1 heterocycles. The van der Waals surface area contributed by atoms with Gasteiger partial charge in [0.05, 0.1) is 33.5 Å². The highest BCUT2D eigenvalue weighted by atomic mass is 35.5. The zero-order chi connectivity index (χ0) is 19.4. The summed E-state index contributed by atoms with van der Waals surface area (Å²) in [6.45, 7) is 0. The number of para-hydroxylation sites is 2. The van der Waals surface area contributed by atoms with Crippen LogP contribution < -0.4 is 15.4 Å². The SMILES string of the molecule is COc1ccccc1Nc1ncnc(Nc2cccc(Cl)c2Cl)c1[N+](=O)[O-]. The third-order valence-corrected chi connectivity index (χ3v) is 4.39. The molecule has 0 saturated heterocycles. The topological polar surface area (TPSA) is 102 Å². The van der Waals surface area contributed by atoms with Crippen molar-refractivity contribution in [3.63, 3.8) is 0 Å². The van der Waals surface area contributed by atoms with Gasteiger partial charge in [0.2, 0.25) is 11.6 Å². The maximum absolute atomic E-state index is 11.7. The van der Waals surface area contributed by atoms with E-state index >= 15 is 0 Å². The molecule has 0 aliphatic carbocycles. The molecule has 138 valence electrons. The van der Waals surface area contributed by atoms with Crippen molar-refractivity contribution in [1.82, 2.24) is 9.97 Å². The average molecular weight is 406 g/mol. The summed E-state index contributed by atoms with van der Waals surface area (Å²) in [5.74, 6) is 0.481. The lowest BCUT2D eigenvalue weighted by Crippen LogP contribution is -2.06. The number of nitrogens with zero attached hydrogens (tertiary/aromatic N) is 3. The van der Waals surface area contributed by atoms with Crippen molar-refractivity contribution < 1.29 is 9.66 Å². The van der Waals surface area contributed by atoms with E-state index in [1.165, 1.54) is 13.4 Å². The normalized spacial score (nSPS) is 10.3. The number of nitrogens with one attached hydrogen (secondary N) is 2. The van der Waals surface area contributed by atoms with Crippen molar-refractivity contribution in [2.24, 2.45) is 0 Å². The second-order valence-electron chi connectivity index (χ2n) is 5.23. The molecule has 0 saturated carbocycles. The van der Waals surface area contributed by atoms with E-state index in [1.54, 1.807) is 42.5 Å². The number of aromatic nitrogens is 2. The van der Waals surface area contributed by atoms with Crippen molar-refractivity contribution in [2.45, 2.75) is 0 Å². The van der Waals surface area contributed by atoms with Crippen LogP contribution in [-0.4, -0.2) is 22.0 Å². The van der Waals surface area contributed by atoms with Gasteiger partial charge < -0.3 is 15.4 Å². The number of benzene rings is 2. The van der Waals surface area contributed by atoms with Crippen molar-refractivity contribution in [3.8, 4) is 5.75 Å². The molecular formula is C17H13Cl2N5O3. The van der Waals surface area contributed by atoms with E-state index in [0.717, 1.165) is 0 Å². The van der Waals surface area contributed by atoms with Crippen LogP contribution in [0.3, 0.4) is 0 Å². The summed E-state index contributed by atoms with van der Waals surface area (Å²) in [6.07, 6.45) is 1.20. The summed E-state index contributed by atoms with van der Waals surface area (Å²) in [5, 5.41) is 18.0. The highest BCUT2D eigenvalue weighted by Gasteiger charge is 2.24. The first-order valence-electron chi connectivity index (χ1n) is 7.61. The van der Waals surface area contributed by atoms with Gasteiger partial charge in [-0.3, -0.25) is 10.1 Å². The molecule has 0 spiro atoms. The van der Waals surface area contributed by atoms with E-state index < -0.39 is 4.92 Å². The second-order valence-corrected chi connectivity index (χ2v) is 6.01. The molecule has 3 aromatic rings. The Hall–Kier alpha value is -3.10. The van der Waals surface area contributed by atoms with Gasteiger partial charge in [-0.2, -0.15) is 0 Å². The number of ether oxygens (including phenoxy) is 1. The predicted octanol–water partition coefficient (Wildman–Crippen LogP) is 5.19. The van der Waals surface area contributed by atoms with Crippen LogP contribution in [0, 0.1) is 10.1 Å². The van der Waals surface area contributed by atoms with Crippen LogP contribution in [0.5, 0.6) is 5.75 Å². The van der Waals surface area contributed by atoms with Gasteiger partial charge in [0.1, 0.15) is 12.1 Å². The molecule has 0 atom stereocenters. The second kappa shape index (κ2) is 8.07. The van der Waals surface area contributed by atoms with Crippen LogP contribution >= 0.6 is 23.2 Å². The molecule has 8 nitrogen and oxygen atoms in total. The Morgan fingerprint density at radius 2 is 1.63 bits per heavy atom. The van der Waals surface area contributed by atoms with Crippen LogP contribution in [0.2, 0.25) is 10.0 Å². The third-order valence-electron chi connectivity index (χ3n) is 3.57. The Morgan fingerprint density at radius 1 is 1.00 bits per heavy atom. The average Bonchev–Trinajstić information content (AvgIpc) is 2.66. The summed E-state index contributed by atoms with van der Waals surface area (Å²) >= 11 is 12.1. The van der Waals surface area contributed by atoms with Crippen molar-refractivity contribution in [2.75, 3.05) is 17.7 Å². The summed E-state index contributed by atoms with van der Waals surface area (Å²) in [6, 6.07) is 11.9. The first kappa shape index (κ1) is 18.7. The molecule has 0 aliphatic rings. The number of hydrogen-bond donors (Lipinski definition) is 2. The number of halogens is 2. The zero-order valence-electron chi connectivity index (χ0n) is 13.9. The Balaban J connectivity index is 2.03. The van der Waals surface area contributed by atoms with E-state index in [1.807, 2.05) is 0 Å². The van der Waals surface area contributed by atoms with E-state index in [2.05, 4.69) is 20.6 Å². The Kier molecular flexibility index (Phi) is 5.58. The van der Waals surface area contributed by atoms with Gasteiger partial charge in [-0.25, -0.2) is 9.97 Å². The number of nitro groups is 1. The third kappa shape index (κ3) is 4.02. The first-order chi connectivity index (χ1) is 13.0. The minimum absolute atomic E-state index is 0.000139. The van der Waals surface area contributed by atoms with Crippen molar-refractivity contribution in [3.05, 3.63) is 69.0 Å². The van der Waals surface area contributed by atoms with Gasteiger partial charge in [0.25, 0.3) is 0 Å². The quantitative estimate of drug-likeness (QED) is 0.429. The number of anilines is 4. The molecule has 3 rings (SSSR count). The standard InChI is InChI=1S/C17H13Cl2N5O3/c1-27-13-8-3-2-6-11(13)22-16-15(24(25)26)17(21-9-20-16)23-12-7-4-5-10(18)14(12)19/h2-9H,1H3,(H2,20,21,22,23). The van der Waals surface area contributed by atoms with Crippen LogP contribution in [-0.2, 0) is 0 Å². The molecule has 2 N–H and O–H groups in total. The predicted molar refractivity (Wildman–Crippen MR) is 105 cm³/mol. The Morgan fingerprint density at radius 3 is 2.30 bits per heavy atom. The molecule has 0 bridgehead atoms. The lowest BCUT2D eigenvalue weighted by molar-refractivity contribution is -0.383. The molecule has 0 amide bonds. The summed E-state index contributed by atoms with van der Waals surface area (Å²) in [5.41, 5.74) is 0.558. The maximum atomic E-state index is 11.7. The number of rotatable bonds is 6. The van der Waals surface area contributed by atoms with Gasteiger partial charge in [0.15, 0.2) is 0 Å². The fraction of sp³-hybridized carbons (Fsp3) is 0.0588. The van der Waals surface area contributed by atoms with Crippen molar-refractivity contribution in [1.29, 1.82) is 0 Å². The van der Waals surface area contributed by atoms with Gasteiger partial charge >= 0.3 is 5.69 Å². The zero-order valence-corrected chi connectivity index (χ0v) is 15.5. The van der Waals surface area contributed by atoms with Gasteiger partial charge in [0, 0.05) is 0 Å². The van der Waals surface area contributed by atoms with E-state index in [4.69, 9.17) is 27.9 Å². The first-order valence-corrected chi connectivity index (χ1v) is 8.37. The smallest absolute Gasteiger partial charge is 0.353 e. The van der Waals surface area contributed by atoms with Gasteiger partial charge in [-0.1, -0.05) is 41.4 Å². The van der Waals surface area contributed by atoms with Crippen LogP contribution in [0.15, 0.2) is 48.8 Å². The summed E-state index contributed by atoms with van der Waals surface area (Å²) in [4.78, 5) is 19.1. The highest BCUT2D eigenvalue weighted by Crippen LogP contribution is 2.37. The fourth-order valence-corrected chi connectivity index (χ4v) is 2.69. The van der Waals surface area contributed by atoms with Gasteiger partial charge in [-0.05, 0) is 24.3 Å². The molecule has 0 aliphatic heterocycles. The minimum atomic E-state index is -0.585. The maximum Gasteiger partial charge on any atom is 0.353 e. The Bertz CT molecular complexity index is 1000. The molecule has 0 unspecified atom stereocenters. The molecular weight excluding hydrogens is 393 g/mol. The lowest BCUT2D eigenvalue weighted by atomic mass is 10.2. The highest BCUT2D eigenvalue weighted by molar-refractivity contribution is 6.43. The summed E-state index contributed by atoms with van der Waals surface area (Å²) < 4.78 is 5.25.